The van der Waals surface area contributed by atoms with E-state index < -0.39 is 0 Å². The van der Waals surface area contributed by atoms with Crippen LogP contribution in [0.25, 0.3) is 11.2 Å². The lowest BCUT2D eigenvalue weighted by atomic mass is 10.1. The van der Waals surface area contributed by atoms with E-state index in [0.717, 1.165) is 17.9 Å². The van der Waals surface area contributed by atoms with Gasteiger partial charge in [-0.1, -0.05) is 0 Å². The summed E-state index contributed by atoms with van der Waals surface area (Å²) >= 11 is 0. The molecule has 2 aromatic rings. The van der Waals surface area contributed by atoms with Gasteiger partial charge in [-0.2, -0.15) is 0 Å². The molecule has 2 aromatic heterocycles. The Morgan fingerprint density at radius 1 is 1.41 bits per heavy atom. The van der Waals surface area contributed by atoms with Crippen LogP contribution in [-0.2, 0) is 11.2 Å². The fourth-order valence-electron chi connectivity index (χ4n) is 1.91. The number of amides is 1. The van der Waals surface area contributed by atoms with Crippen molar-refractivity contribution in [2.75, 3.05) is 13.1 Å². The molecule has 3 heterocycles. The number of carbonyl (C=O) groups excluding carboxylic acids is 1. The molecule has 3 N–H and O–H groups in total. The monoisotopic (exact) mass is 232 g/mol. The Hall–Kier alpha value is -2.02. The van der Waals surface area contributed by atoms with Crippen LogP contribution in [0.5, 0.6) is 0 Å². The van der Waals surface area contributed by atoms with Gasteiger partial charge in [-0.3, -0.25) is 4.79 Å². The summed E-state index contributed by atoms with van der Waals surface area (Å²) in [4.78, 5) is 26.9. The van der Waals surface area contributed by atoms with Gasteiger partial charge < -0.3 is 15.6 Å². The van der Waals surface area contributed by atoms with Crippen LogP contribution in [0.15, 0.2) is 12.5 Å². The van der Waals surface area contributed by atoms with Crippen molar-refractivity contribution in [1.82, 2.24) is 30.6 Å². The molecule has 7 heteroatoms. The van der Waals surface area contributed by atoms with Crippen molar-refractivity contribution in [3.05, 3.63) is 18.3 Å². The molecule has 1 aliphatic rings. The van der Waals surface area contributed by atoms with Crippen LogP contribution in [0.2, 0.25) is 0 Å². The molecule has 0 saturated carbocycles. The summed E-state index contributed by atoms with van der Waals surface area (Å²) in [5.41, 5.74) is 1.42. The number of piperazine rings is 1. The highest BCUT2D eigenvalue weighted by Crippen LogP contribution is 2.08. The fourth-order valence-corrected chi connectivity index (χ4v) is 1.91. The second-order valence-corrected chi connectivity index (χ2v) is 3.95. The van der Waals surface area contributed by atoms with Crippen molar-refractivity contribution >= 4 is 17.1 Å². The smallest absolute Gasteiger partial charge is 0.237 e. The molecule has 3 rings (SSSR count). The first-order chi connectivity index (χ1) is 8.33. The summed E-state index contributed by atoms with van der Waals surface area (Å²) in [5.74, 6) is 0.762. The van der Waals surface area contributed by atoms with Gasteiger partial charge in [0, 0.05) is 19.5 Å². The van der Waals surface area contributed by atoms with Crippen LogP contribution in [0.4, 0.5) is 0 Å². The SMILES string of the molecule is O=C1NCCNC1Cc1nc2ncncc2[nH]1. The number of nitrogens with one attached hydrogen (secondary N) is 3. The lowest BCUT2D eigenvalue weighted by molar-refractivity contribution is -0.124. The van der Waals surface area contributed by atoms with Crippen LogP contribution in [-0.4, -0.2) is 45.0 Å². The van der Waals surface area contributed by atoms with Crippen LogP contribution < -0.4 is 10.6 Å². The van der Waals surface area contributed by atoms with E-state index >= 15 is 0 Å². The standard InChI is InChI=1S/C10H12N6O/c17-10-6(12-1-2-13-10)3-8-15-7-4-11-5-14-9(7)16-8/h4-6,12H,1-3H2,(H,13,17)(H,11,14,15,16). The van der Waals surface area contributed by atoms with Crippen LogP contribution in [0, 0.1) is 0 Å². The van der Waals surface area contributed by atoms with E-state index in [0.29, 0.717) is 18.6 Å². The van der Waals surface area contributed by atoms with Crippen LogP contribution in [0.1, 0.15) is 5.82 Å². The van der Waals surface area contributed by atoms with Gasteiger partial charge in [0.1, 0.15) is 17.7 Å². The molecule has 7 nitrogen and oxygen atoms in total. The number of fused-ring (bicyclic) bond motifs is 1. The third-order valence-corrected chi connectivity index (χ3v) is 2.74. The topological polar surface area (TPSA) is 95.6 Å². The Kier molecular flexibility index (Phi) is 2.45. The lowest BCUT2D eigenvalue weighted by Gasteiger charge is -2.22. The quantitative estimate of drug-likeness (QED) is 0.616. The number of rotatable bonds is 2. The van der Waals surface area contributed by atoms with Crippen LogP contribution in [0.3, 0.4) is 0 Å². The minimum Gasteiger partial charge on any atom is -0.353 e. The highest BCUT2D eigenvalue weighted by Gasteiger charge is 2.22. The van der Waals surface area contributed by atoms with Gasteiger partial charge in [0.2, 0.25) is 5.91 Å². The second kappa shape index (κ2) is 4.10. The lowest BCUT2D eigenvalue weighted by Crippen LogP contribution is -2.53. The zero-order valence-electron chi connectivity index (χ0n) is 9.10. The summed E-state index contributed by atoms with van der Waals surface area (Å²) < 4.78 is 0. The van der Waals surface area contributed by atoms with Gasteiger partial charge >= 0.3 is 0 Å². The number of aromatic nitrogens is 4. The third kappa shape index (κ3) is 1.96. The van der Waals surface area contributed by atoms with Gasteiger partial charge in [-0.15, -0.1) is 0 Å². The largest absolute Gasteiger partial charge is 0.353 e. The maximum atomic E-state index is 11.6. The average molecular weight is 232 g/mol. The molecule has 1 aliphatic heterocycles. The first-order valence-corrected chi connectivity index (χ1v) is 5.48. The molecule has 1 amide bonds. The number of nitrogens with zero attached hydrogens (tertiary/aromatic N) is 3. The minimum absolute atomic E-state index is 0.0165. The first-order valence-electron chi connectivity index (χ1n) is 5.48. The van der Waals surface area contributed by atoms with Gasteiger partial charge in [0.05, 0.1) is 12.2 Å². The molecule has 1 unspecified atom stereocenters. The average Bonchev–Trinajstić information content (AvgIpc) is 2.74. The molecule has 1 atom stereocenters. The molecule has 0 bridgehead atoms. The van der Waals surface area contributed by atoms with Crippen molar-refractivity contribution in [2.24, 2.45) is 0 Å². The van der Waals surface area contributed by atoms with E-state index in [9.17, 15) is 4.79 Å². The van der Waals surface area contributed by atoms with Gasteiger partial charge in [-0.25, -0.2) is 15.0 Å². The van der Waals surface area contributed by atoms with E-state index in [2.05, 4.69) is 30.6 Å². The molecular weight excluding hydrogens is 220 g/mol. The summed E-state index contributed by atoms with van der Waals surface area (Å²) in [7, 11) is 0. The minimum atomic E-state index is -0.225. The Labute approximate surface area is 97.1 Å². The van der Waals surface area contributed by atoms with Gasteiger partial charge in [0.25, 0.3) is 0 Å². The van der Waals surface area contributed by atoms with Crippen molar-refractivity contribution < 1.29 is 4.79 Å². The molecule has 0 spiro atoms. The molecule has 1 fully saturated rings. The molecule has 17 heavy (non-hydrogen) atoms. The summed E-state index contributed by atoms with van der Waals surface area (Å²) in [6, 6.07) is -0.225. The highest BCUT2D eigenvalue weighted by atomic mass is 16.2. The van der Waals surface area contributed by atoms with Crippen molar-refractivity contribution in [2.45, 2.75) is 12.5 Å². The number of imidazole rings is 1. The summed E-state index contributed by atoms with van der Waals surface area (Å²) in [6.45, 7) is 1.47. The first kappa shape index (κ1) is 10.2. The normalized spacial score (nSPS) is 20.5. The zero-order chi connectivity index (χ0) is 11.7. The number of hydrogen-bond acceptors (Lipinski definition) is 5. The Balaban J connectivity index is 1.82. The van der Waals surface area contributed by atoms with E-state index in [4.69, 9.17) is 0 Å². The number of hydrogen-bond donors (Lipinski definition) is 3. The van der Waals surface area contributed by atoms with Crippen molar-refractivity contribution in [3.8, 4) is 0 Å². The molecule has 0 aliphatic carbocycles. The summed E-state index contributed by atoms with van der Waals surface area (Å²) in [5, 5.41) is 5.97. The number of carbonyl (C=O) groups is 1. The maximum absolute atomic E-state index is 11.6. The van der Waals surface area contributed by atoms with Gasteiger partial charge in [0.15, 0.2) is 5.65 Å². The Bertz CT molecular complexity index is 517. The van der Waals surface area contributed by atoms with Crippen molar-refractivity contribution in [1.29, 1.82) is 0 Å². The maximum Gasteiger partial charge on any atom is 0.237 e. The third-order valence-electron chi connectivity index (χ3n) is 2.74. The highest BCUT2D eigenvalue weighted by molar-refractivity contribution is 5.82. The molecule has 0 radical (unpaired) electrons. The summed E-state index contributed by atoms with van der Waals surface area (Å²) in [6.07, 6.45) is 3.66. The van der Waals surface area contributed by atoms with E-state index in [1.807, 2.05) is 0 Å². The van der Waals surface area contributed by atoms with Gasteiger partial charge in [-0.05, 0) is 0 Å². The van der Waals surface area contributed by atoms with E-state index in [-0.39, 0.29) is 11.9 Å². The zero-order valence-corrected chi connectivity index (χ0v) is 9.10. The second-order valence-electron chi connectivity index (χ2n) is 3.95. The van der Waals surface area contributed by atoms with Crippen LogP contribution >= 0.6 is 0 Å². The molecule has 88 valence electrons. The van der Waals surface area contributed by atoms with E-state index in [1.165, 1.54) is 6.33 Å². The fraction of sp³-hybridized carbons (Fsp3) is 0.400. The molecule has 0 aromatic carbocycles. The molecular formula is C10H12N6O. The van der Waals surface area contributed by atoms with E-state index in [1.54, 1.807) is 6.20 Å². The number of aromatic amines is 1. The molecule has 1 saturated heterocycles. The number of H-pyrrole nitrogens is 1. The Morgan fingerprint density at radius 3 is 3.18 bits per heavy atom. The Morgan fingerprint density at radius 2 is 2.35 bits per heavy atom. The predicted octanol–water partition coefficient (Wildman–Crippen LogP) is -1.02. The van der Waals surface area contributed by atoms with Crippen molar-refractivity contribution in [3.63, 3.8) is 0 Å². The predicted molar refractivity (Wildman–Crippen MR) is 60.2 cm³/mol.